The molecule has 4 fully saturated rings. The highest BCUT2D eigenvalue weighted by Gasteiger charge is 2.67. The number of Topliss-reactive ketones (excluding diaryl/α,β-unsaturated/α-hetero) is 1. The summed E-state index contributed by atoms with van der Waals surface area (Å²) in [6.45, 7) is 10.1. The van der Waals surface area contributed by atoms with E-state index in [0.29, 0.717) is 19.3 Å². The van der Waals surface area contributed by atoms with Gasteiger partial charge in [-0.25, -0.2) is 0 Å². The van der Waals surface area contributed by atoms with Gasteiger partial charge in [0.2, 0.25) is 0 Å². The van der Waals surface area contributed by atoms with Crippen LogP contribution in [-0.2, 0) is 52.4 Å². The third-order valence-electron chi connectivity index (χ3n) is 12.1. The number of hydrogen-bond acceptors (Lipinski definition) is 13. The Bertz CT molecular complexity index is 1340. The largest absolute Gasteiger partial charge is 0.463 e. The molecule has 1 aliphatic heterocycles. The molecule has 0 aromatic rings. The van der Waals surface area contributed by atoms with Crippen molar-refractivity contribution in [3.8, 4) is 0 Å². The van der Waals surface area contributed by atoms with Gasteiger partial charge in [-0.05, 0) is 74.2 Å². The zero-order chi connectivity index (χ0) is 35.3. The summed E-state index contributed by atoms with van der Waals surface area (Å²) in [6, 6.07) is 0. The molecule has 13 atom stereocenters. The Morgan fingerprint density at radius 3 is 2.08 bits per heavy atom. The van der Waals surface area contributed by atoms with E-state index in [0.717, 1.165) is 45.6 Å². The van der Waals surface area contributed by atoms with Crippen LogP contribution in [0.3, 0.4) is 0 Å². The van der Waals surface area contributed by atoms with Crippen molar-refractivity contribution in [3.63, 3.8) is 0 Å². The standard InChI is InChI=1S/C35H50O13/c1-17(36)24-8-9-25-23-14-28(41)35(42)15-22(10-13-34(35,7)26(23)11-12-33(24,25)6)47-32-31(46-21(5)40)30(45-20(4)39)29(44-19(3)38)27(48-32)16-43-18(2)37/h8,22-23,25-32,41-42H,9-16H2,1-7H3/t22-,23-,25-,26-,27+,28+,29-,30-,31+,32+,33+,34+,35-/m0/s1. The first-order valence-electron chi connectivity index (χ1n) is 17.0. The maximum Gasteiger partial charge on any atom is 0.303 e. The van der Waals surface area contributed by atoms with Crippen LogP contribution in [0.25, 0.3) is 0 Å². The van der Waals surface area contributed by atoms with Crippen LogP contribution in [0.4, 0.5) is 0 Å². The van der Waals surface area contributed by atoms with Gasteiger partial charge in [0.25, 0.3) is 0 Å². The predicted octanol–water partition coefficient (Wildman–Crippen LogP) is 2.71. The van der Waals surface area contributed by atoms with Gasteiger partial charge in [0, 0.05) is 39.5 Å². The molecule has 5 rings (SSSR count). The van der Waals surface area contributed by atoms with Crippen molar-refractivity contribution in [1.82, 2.24) is 0 Å². The van der Waals surface area contributed by atoms with Crippen LogP contribution in [0.1, 0.15) is 93.4 Å². The molecule has 0 radical (unpaired) electrons. The van der Waals surface area contributed by atoms with E-state index in [9.17, 15) is 34.2 Å². The quantitative estimate of drug-likeness (QED) is 0.218. The van der Waals surface area contributed by atoms with Crippen LogP contribution in [0, 0.1) is 28.6 Å². The van der Waals surface area contributed by atoms with Crippen LogP contribution < -0.4 is 0 Å². The molecular weight excluding hydrogens is 628 g/mol. The second-order valence-corrected chi connectivity index (χ2v) is 14.9. The maximum atomic E-state index is 12.5. The number of carbonyl (C=O) groups is 5. The molecule has 0 unspecified atom stereocenters. The number of ether oxygens (including phenoxy) is 6. The molecule has 13 nitrogen and oxygen atoms in total. The van der Waals surface area contributed by atoms with E-state index in [-0.39, 0.29) is 42.0 Å². The zero-order valence-electron chi connectivity index (χ0n) is 28.9. The first-order valence-corrected chi connectivity index (χ1v) is 17.0. The Morgan fingerprint density at radius 1 is 0.854 bits per heavy atom. The summed E-state index contributed by atoms with van der Waals surface area (Å²) in [5, 5.41) is 24.1. The average molecular weight is 679 g/mol. The van der Waals surface area contributed by atoms with Crippen molar-refractivity contribution in [2.45, 2.75) is 142 Å². The lowest BCUT2D eigenvalue weighted by molar-refractivity contribution is -0.331. The average Bonchev–Trinajstić information content (AvgIpc) is 3.34. The van der Waals surface area contributed by atoms with E-state index in [1.54, 1.807) is 6.92 Å². The smallest absolute Gasteiger partial charge is 0.303 e. The highest BCUT2D eigenvalue weighted by atomic mass is 16.7. The SMILES string of the molecule is CC(=O)OC[C@H]1O[C@@H](O[C@H]2CC[C@]3(C)[C@H]4CC[C@]5(C)C(C(C)=O)=CC[C@H]5[C@@H]4C[C@@H](O)[C@@]3(O)C2)[C@H](OC(C)=O)[C@@H](OC(C)=O)[C@H]1OC(C)=O. The number of hydrogen-bond donors (Lipinski definition) is 2. The number of fused-ring (bicyclic) bond motifs is 5. The van der Waals surface area contributed by atoms with Crippen molar-refractivity contribution < 1.29 is 62.6 Å². The van der Waals surface area contributed by atoms with E-state index >= 15 is 0 Å². The molecule has 4 aliphatic carbocycles. The van der Waals surface area contributed by atoms with Gasteiger partial charge < -0.3 is 38.6 Å². The molecule has 48 heavy (non-hydrogen) atoms. The van der Waals surface area contributed by atoms with Gasteiger partial charge >= 0.3 is 23.9 Å². The molecule has 0 amide bonds. The lowest BCUT2D eigenvalue weighted by Crippen LogP contribution is -2.69. The number of aliphatic hydroxyl groups is 2. The second-order valence-electron chi connectivity index (χ2n) is 14.9. The molecule has 3 saturated carbocycles. The summed E-state index contributed by atoms with van der Waals surface area (Å²) in [7, 11) is 0. The molecule has 0 aromatic heterocycles. The summed E-state index contributed by atoms with van der Waals surface area (Å²) < 4.78 is 34.3. The molecule has 0 bridgehead atoms. The summed E-state index contributed by atoms with van der Waals surface area (Å²) in [5.74, 6) is -2.30. The molecule has 2 N–H and O–H groups in total. The summed E-state index contributed by atoms with van der Waals surface area (Å²) in [4.78, 5) is 60.8. The topological polar surface area (TPSA) is 181 Å². The Labute approximate surface area is 281 Å². The molecule has 0 spiro atoms. The Morgan fingerprint density at radius 2 is 1.48 bits per heavy atom. The normalized spacial score (nSPS) is 43.4. The molecule has 268 valence electrons. The van der Waals surface area contributed by atoms with Gasteiger partial charge in [0.15, 0.2) is 30.4 Å². The number of carbonyl (C=O) groups excluding carboxylic acids is 5. The third kappa shape index (κ3) is 6.43. The molecule has 5 aliphatic rings. The van der Waals surface area contributed by atoms with E-state index in [4.69, 9.17) is 28.4 Å². The van der Waals surface area contributed by atoms with E-state index in [2.05, 4.69) is 19.9 Å². The molecule has 1 heterocycles. The summed E-state index contributed by atoms with van der Waals surface area (Å²) in [5.41, 5.74) is -1.52. The Balaban J connectivity index is 1.40. The minimum absolute atomic E-state index is 0.0552. The molecular formula is C35H50O13. The van der Waals surface area contributed by atoms with Crippen molar-refractivity contribution in [3.05, 3.63) is 11.6 Å². The number of aliphatic hydroxyl groups excluding tert-OH is 1. The summed E-state index contributed by atoms with van der Waals surface area (Å²) >= 11 is 0. The first-order chi connectivity index (χ1) is 22.4. The van der Waals surface area contributed by atoms with Crippen molar-refractivity contribution in [1.29, 1.82) is 0 Å². The first kappa shape index (κ1) is 36.4. The third-order valence-corrected chi connectivity index (χ3v) is 12.1. The highest BCUT2D eigenvalue weighted by Crippen LogP contribution is 2.67. The predicted molar refractivity (Wildman–Crippen MR) is 166 cm³/mol. The van der Waals surface area contributed by atoms with Gasteiger partial charge in [0.1, 0.15) is 12.7 Å². The fourth-order valence-corrected chi connectivity index (χ4v) is 9.96. The van der Waals surface area contributed by atoms with Gasteiger partial charge in [0.05, 0.1) is 17.8 Å². The minimum atomic E-state index is -1.52. The summed E-state index contributed by atoms with van der Waals surface area (Å²) in [6.07, 6.45) is -2.39. The highest BCUT2D eigenvalue weighted by molar-refractivity contribution is 5.95. The van der Waals surface area contributed by atoms with Crippen LogP contribution >= 0.6 is 0 Å². The van der Waals surface area contributed by atoms with Gasteiger partial charge in [-0.2, -0.15) is 0 Å². The molecule has 13 heteroatoms. The van der Waals surface area contributed by atoms with Crippen LogP contribution in [-0.4, -0.2) is 95.0 Å². The fourth-order valence-electron chi connectivity index (χ4n) is 9.96. The van der Waals surface area contributed by atoms with Gasteiger partial charge in [-0.15, -0.1) is 0 Å². The number of esters is 4. The van der Waals surface area contributed by atoms with Crippen molar-refractivity contribution >= 4 is 29.7 Å². The van der Waals surface area contributed by atoms with Crippen LogP contribution in [0.15, 0.2) is 11.6 Å². The van der Waals surface area contributed by atoms with Gasteiger partial charge in [-0.3, -0.25) is 24.0 Å². The number of rotatable bonds is 8. The monoisotopic (exact) mass is 678 g/mol. The zero-order valence-corrected chi connectivity index (χ0v) is 28.9. The minimum Gasteiger partial charge on any atom is -0.463 e. The van der Waals surface area contributed by atoms with Gasteiger partial charge in [-0.1, -0.05) is 19.9 Å². The van der Waals surface area contributed by atoms with Crippen molar-refractivity contribution in [2.75, 3.05) is 6.61 Å². The van der Waals surface area contributed by atoms with Crippen LogP contribution in [0.5, 0.6) is 0 Å². The van der Waals surface area contributed by atoms with Crippen LogP contribution in [0.2, 0.25) is 0 Å². The van der Waals surface area contributed by atoms with E-state index < -0.39 is 77.8 Å². The molecule has 0 aromatic carbocycles. The Kier molecular flexibility index (Phi) is 10.2. The van der Waals surface area contributed by atoms with E-state index in [1.807, 2.05) is 0 Å². The number of ketones is 1. The lowest BCUT2D eigenvalue weighted by Gasteiger charge is -2.65. The number of allylic oxidation sites excluding steroid dienone is 2. The van der Waals surface area contributed by atoms with Crippen molar-refractivity contribution in [2.24, 2.45) is 28.6 Å². The maximum absolute atomic E-state index is 12.5. The second kappa shape index (κ2) is 13.4. The Hall–Kier alpha value is -2.87. The molecule has 1 saturated heterocycles. The lowest BCUT2D eigenvalue weighted by atomic mass is 9.42. The van der Waals surface area contributed by atoms with E-state index in [1.165, 1.54) is 6.92 Å². The fraction of sp³-hybridized carbons (Fsp3) is 0.800.